The van der Waals surface area contributed by atoms with Gasteiger partial charge < -0.3 is 15.5 Å². The molecule has 0 aliphatic heterocycles. The first-order valence-electron chi connectivity index (χ1n) is 5.98. The highest BCUT2D eigenvalue weighted by atomic mass is 19.4. The van der Waals surface area contributed by atoms with Crippen molar-refractivity contribution < 1.29 is 33.0 Å². The smallest absolute Gasteiger partial charge is 0.392 e. The molecule has 0 radical (unpaired) electrons. The van der Waals surface area contributed by atoms with E-state index >= 15 is 0 Å². The summed E-state index contributed by atoms with van der Waals surface area (Å²) in [7, 11) is 0. The summed E-state index contributed by atoms with van der Waals surface area (Å²) in [6.07, 6.45) is -5.26. The zero-order chi connectivity index (χ0) is 14.6. The summed E-state index contributed by atoms with van der Waals surface area (Å²) in [6, 6.07) is 0. The maximum atomic E-state index is 12.8. The summed E-state index contributed by atoms with van der Waals surface area (Å²) in [6.45, 7) is -0.588. The van der Waals surface area contributed by atoms with E-state index in [1.807, 2.05) is 0 Å². The zero-order valence-corrected chi connectivity index (χ0v) is 10.1. The van der Waals surface area contributed by atoms with Gasteiger partial charge in [-0.05, 0) is 12.8 Å². The van der Waals surface area contributed by atoms with Crippen molar-refractivity contribution in [2.45, 2.75) is 38.0 Å². The van der Waals surface area contributed by atoms with Gasteiger partial charge in [0.25, 0.3) is 0 Å². The number of carbonyl (C=O) groups excluding carboxylic acids is 1. The van der Waals surface area contributed by atoms with Crippen molar-refractivity contribution in [3.8, 4) is 0 Å². The molecule has 0 bridgehead atoms. The standard InChI is InChI=1S/C11H16F3NO4/c12-11(13,14)7-4-2-1-3-6(7)9(17)15-5-8(16)10(18)19/h6-8,16H,1-5H2,(H,15,17)(H,18,19)/t6?,7?,8-/m0/s1. The molecule has 0 aromatic heterocycles. The Kier molecular flexibility index (Phi) is 5.16. The summed E-state index contributed by atoms with van der Waals surface area (Å²) in [5.74, 6) is -5.27. The fraction of sp³-hybridized carbons (Fsp3) is 0.818. The van der Waals surface area contributed by atoms with E-state index in [0.29, 0.717) is 12.8 Å². The van der Waals surface area contributed by atoms with Crippen molar-refractivity contribution in [2.24, 2.45) is 11.8 Å². The Bertz CT molecular complexity index is 345. The van der Waals surface area contributed by atoms with Crippen molar-refractivity contribution in [1.29, 1.82) is 0 Å². The molecule has 2 unspecified atom stereocenters. The van der Waals surface area contributed by atoms with E-state index in [2.05, 4.69) is 5.32 Å². The van der Waals surface area contributed by atoms with E-state index in [0.717, 1.165) is 0 Å². The second-order valence-corrected chi connectivity index (χ2v) is 4.64. The van der Waals surface area contributed by atoms with Gasteiger partial charge in [-0.3, -0.25) is 4.79 Å². The Morgan fingerprint density at radius 2 is 1.84 bits per heavy atom. The van der Waals surface area contributed by atoms with Crippen LogP contribution in [-0.2, 0) is 9.59 Å². The fourth-order valence-corrected chi connectivity index (χ4v) is 2.25. The summed E-state index contributed by atoms with van der Waals surface area (Å²) in [5.41, 5.74) is 0. The Morgan fingerprint density at radius 1 is 1.26 bits per heavy atom. The molecule has 0 aromatic carbocycles. The number of aliphatic hydroxyl groups is 1. The van der Waals surface area contributed by atoms with Crippen LogP contribution in [0.3, 0.4) is 0 Å². The van der Waals surface area contributed by atoms with Gasteiger partial charge in [-0.2, -0.15) is 13.2 Å². The monoisotopic (exact) mass is 283 g/mol. The molecule has 5 nitrogen and oxygen atoms in total. The average molecular weight is 283 g/mol. The highest BCUT2D eigenvalue weighted by molar-refractivity contribution is 5.80. The number of carboxylic acids is 1. The molecule has 3 N–H and O–H groups in total. The van der Waals surface area contributed by atoms with Crippen molar-refractivity contribution in [1.82, 2.24) is 5.32 Å². The van der Waals surface area contributed by atoms with Crippen LogP contribution in [-0.4, -0.2) is 40.9 Å². The molecule has 110 valence electrons. The topological polar surface area (TPSA) is 86.6 Å². The Hall–Kier alpha value is -1.31. The predicted molar refractivity (Wildman–Crippen MR) is 58.2 cm³/mol. The molecule has 0 heterocycles. The van der Waals surface area contributed by atoms with Crippen LogP contribution in [0, 0.1) is 11.8 Å². The number of amides is 1. The number of hydrogen-bond acceptors (Lipinski definition) is 3. The number of carbonyl (C=O) groups is 2. The lowest BCUT2D eigenvalue weighted by molar-refractivity contribution is -0.198. The third kappa shape index (κ3) is 4.38. The van der Waals surface area contributed by atoms with E-state index in [9.17, 15) is 22.8 Å². The predicted octanol–water partition coefficient (Wildman–Crippen LogP) is 0.917. The normalized spacial score (nSPS) is 25.7. The molecule has 0 aromatic rings. The van der Waals surface area contributed by atoms with E-state index in [-0.39, 0.29) is 12.8 Å². The van der Waals surface area contributed by atoms with Crippen molar-refractivity contribution in [2.75, 3.05) is 6.54 Å². The highest BCUT2D eigenvalue weighted by Crippen LogP contribution is 2.41. The molecule has 1 aliphatic carbocycles. The first-order valence-corrected chi connectivity index (χ1v) is 5.98. The van der Waals surface area contributed by atoms with Gasteiger partial charge in [-0.25, -0.2) is 4.79 Å². The molecule has 19 heavy (non-hydrogen) atoms. The van der Waals surface area contributed by atoms with Crippen LogP contribution in [0.15, 0.2) is 0 Å². The van der Waals surface area contributed by atoms with E-state index in [1.54, 1.807) is 0 Å². The first kappa shape index (κ1) is 15.7. The minimum atomic E-state index is -4.44. The number of carboxylic acid groups (broad SMARTS) is 1. The Morgan fingerprint density at radius 3 is 2.37 bits per heavy atom. The van der Waals surface area contributed by atoms with Gasteiger partial charge in [0.15, 0.2) is 6.10 Å². The van der Waals surface area contributed by atoms with Crippen molar-refractivity contribution >= 4 is 11.9 Å². The highest BCUT2D eigenvalue weighted by Gasteiger charge is 2.48. The van der Waals surface area contributed by atoms with Gasteiger partial charge in [0.1, 0.15) is 0 Å². The first-order chi connectivity index (χ1) is 8.73. The van der Waals surface area contributed by atoms with Gasteiger partial charge in [0.2, 0.25) is 5.91 Å². The molecule has 1 saturated carbocycles. The molecule has 0 saturated heterocycles. The number of aliphatic carboxylic acids is 1. The van der Waals surface area contributed by atoms with Crippen LogP contribution in [0.5, 0.6) is 0 Å². The van der Waals surface area contributed by atoms with Gasteiger partial charge >= 0.3 is 12.1 Å². The molecule has 3 atom stereocenters. The van der Waals surface area contributed by atoms with Crippen LogP contribution >= 0.6 is 0 Å². The summed E-state index contributed by atoms with van der Waals surface area (Å²) >= 11 is 0. The van der Waals surface area contributed by atoms with Gasteiger partial charge in [0.05, 0.1) is 12.5 Å². The quantitative estimate of drug-likeness (QED) is 0.716. The van der Waals surface area contributed by atoms with Crippen LogP contribution in [0.4, 0.5) is 13.2 Å². The third-order valence-electron chi connectivity index (χ3n) is 3.28. The number of halogens is 3. The van der Waals surface area contributed by atoms with Gasteiger partial charge in [-0.15, -0.1) is 0 Å². The maximum absolute atomic E-state index is 12.8. The lowest BCUT2D eigenvalue weighted by Crippen LogP contribution is -2.45. The van der Waals surface area contributed by atoms with Crippen molar-refractivity contribution in [3.05, 3.63) is 0 Å². The number of rotatable bonds is 4. The second kappa shape index (κ2) is 6.23. The van der Waals surface area contributed by atoms with E-state index in [4.69, 9.17) is 10.2 Å². The lowest BCUT2D eigenvalue weighted by Gasteiger charge is -2.32. The Labute approximate surface area is 107 Å². The zero-order valence-electron chi connectivity index (χ0n) is 10.1. The molecule has 1 fully saturated rings. The maximum Gasteiger partial charge on any atom is 0.392 e. The Balaban J connectivity index is 2.60. The largest absolute Gasteiger partial charge is 0.479 e. The minimum Gasteiger partial charge on any atom is -0.479 e. The van der Waals surface area contributed by atoms with Crippen molar-refractivity contribution in [3.63, 3.8) is 0 Å². The summed E-state index contributed by atoms with van der Waals surface area (Å²) < 4.78 is 38.3. The number of nitrogens with one attached hydrogen (secondary N) is 1. The SMILES string of the molecule is O=C(NC[C@H](O)C(=O)O)C1CCCCC1C(F)(F)F. The van der Waals surface area contributed by atoms with E-state index in [1.165, 1.54) is 0 Å². The molecule has 1 rings (SSSR count). The van der Waals surface area contributed by atoms with Gasteiger partial charge in [0, 0.05) is 5.92 Å². The molecule has 1 aliphatic rings. The van der Waals surface area contributed by atoms with Gasteiger partial charge in [-0.1, -0.05) is 12.8 Å². The molecular formula is C11H16F3NO4. The molecule has 8 heteroatoms. The van der Waals surface area contributed by atoms with Crippen LogP contribution in [0.1, 0.15) is 25.7 Å². The van der Waals surface area contributed by atoms with E-state index < -0.39 is 42.5 Å². The van der Waals surface area contributed by atoms with Crippen LogP contribution < -0.4 is 5.32 Å². The molecule has 1 amide bonds. The number of hydrogen-bond donors (Lipinski definition) is 3. The molecule has 0 spiro atoms. The number of aliphatic hydroxyl groups excluding tert-OH is 1. The number of alkyl halides is 3. The summed E-state index contributed by atoms with van der Waals surface area (Å²) in [4.78, 5) is 22.0. The fourth-order valence-electron chi connectivity index (χ4n) is 2.25. The van der Waals surface area contributed by atoms with Crippen LogP contribution in [0.25, 0.3) is 0 Å². The minimum absolute atomic E-state index is 0.0942. The third-order valence-corrected chi connectivity index (χ3v) is 3.28. The average Bonchev–Trinajstić information content (AvgIpc) is 2.34. The van der Waals surface area contributed by atoms with Crippen LogP contribution in [0.2, 0.25) is 0 Å². The molecular weight excluding hydrogens is 267 g/mol. The summed E-state index contributed by atoms with van der Waals surface area (Å²) in [5, 5.41) is 19.4. The lowest BCUT2D eigenvalue weighted by atomic mass is 9.78. The second-order valence-electron chi connectivity index (χ2n) is 4.64.